The number of thiol groups is 1. The number of rotatable bonds is 8. The zero-order valence-electron chi connectivity index (χ0n) is 50.2. The van der Waals surface area contributed by atoms with Gasteiger partial charge in [0.2, 0.25) is 0 Å². The number of aryl methyl sites for hydroxylation is 1. The average molecular weight is 1540 g/mol. The summed E-state index contributed by atoms with van der Waals surface area (Å²) in [6.07, 6.45) is -18.5. The van der Waals surface area contributed by atoms with Crippen molar-refractivity contribution < 1.29 is 158 Å². The van der Waals surface area contributed by atoms with Crippen LogP contribution in [0.4, 0.5) is 65.9 Å². The number of nitrogens with zero attached hydrogens (tertiary/aromatic N) is 1. The molecule has 0 bridgehead atoms. The first kappa shape index (κ1) is 89.5. The number of alkyl halides is 15. The third kappa shape index (κ3) is 32.1. The van der Waals surface area contributed by atoms with E-state index in [0.717, 1.165) is 92.3 Å². The van der Waals surface area contributed by atoms with Crippen molar-refractivity contribution in [3.8, 4) is 28.7 Å². The van der Waals surface area contributed by atoms with E-state index in [9.17, 15) is 100 Å². The summed E-state index contributed by atoms with van der Waals surface area (Å²) in [4.78, 5) is 54.7. The Morgan fingerprint density at radius 2 is 0.779 bits per heavy atom. The molecule has 0 spiro atoms. The summed E-state index contributed by atoms with van der Waals surface area (Å²) in [6, 6.07) is 9.52. The summed E-state index contributed by atoms with van der Waals surface area (Å²) in [5, 5.41) is 51.6. The normalized spacial score (nSPS) is 12.2. The van der Waals surface area contributed by atoms with Crippen molar-refractivity contribution >= 4 is 82.2 Å². The molecule has 6 N–H and O–H groups in total. The molecule has 0 aliphatic carbocycles. The molecular formula is C56H58BBr2F15NO19S. The van der Waals surface area contributed by atoms with Gasteiger partial charge < -0.3 is 68.5 Å². The third-order valence-corrected chi connectivity index (χ3v) is 12.0. The number of aliphatic hydroxyl groups excluding tert-OH is 1. The predicted octanol–water partition coefficient (Wildman–Crippen LogP) is 14.4. The summed E-state index contributed by atoms with van der Waals surface area (Å²) >= 11 is 8.85. The van der Waals surface area contributed by atoms with Gasteiger partial charge >= 0.3 is 85.5 Å². The van der Waals surface area contributed by atoms with Gasteiger partial charge in [-0.1, -0.05) is 0 Å². The number of halogens is 17. The Hall–Kier alpha value is -7.59. The Morgan fingerprint density at radius 3 is 1.09 bits per heavy atom. The number of benzene rings is 5. The molecule has 5 aromatic carbocycles. The van der Waals surface area contributed by atoms with Crippen LogP contribution in [0.2, 0.25) is 0 Å². The van der Waals surface area contributed by atoms with Crippen LogP contribution < -0.4 is 4.74 Å². The summed E-state index contributed by atoms with van der Waals surface area (Å²) in [5.41, 5.74) is -7.80. The van der Waals surface area contributed by atoms with Crippen LogP contribution in [0.5, 0.6) is 28.7 Å². The van der Waals surface area contributed by atoms with Crippen LogP contribution in [0.15, 0.2) is 86.0 Å². The molecule has 20 nitrogen and oxygen atoms in total. The van der Waals surface area contributed by atoms with Crippen LogP contribution in [0.3, 0.4) is 0 Å². The van der Waals surface area contributed by atoms with E-state index in [1.165, 1.54) is 45.8 Å². The summed E-state index contributed by atoms with van der Waals surface area (Å²) in [5.74, 6) is -9.21. The van der Waals surface area contributed by atoms with Gasteiger partial charge in [0.1, 0.15) is 28.7 Å². The first-order chi connectivity index (χ1) is 43.9. The molecule has 2 aliphatic heterocycles. The van der Waals surface area contributed by atoms with E-state index in [1.807, 2.05) is 0 Å². The van der Waals surface area contributed by atoms with Gasteiger partial charge in [0.15, 0.2) is 6.79 Å². The number of methoxy groups -OCH3 is 5. The fourth-order valence-corrected chi connectivity index (χ4v) is 7.55. The van der Waals surface area contributed by atoms with E-state index in [-0.39, 0.29) is 43.6 Å². The molecule has 0 saturated carbocycles. The molecule has 2 heterocycles. The van der Waals surface area contributed by atoms with Gasteiger partial charge in [-0.05, 0) is 143 Å². The van der Waals surface area contributed by atoms with Crippen molar-refractivity contribution in [1.82, 2.24) is 0 Å². The molecule has 0 atom stereocenters. The molecule has 0 unspecified atom stereocenters. The number of phenols is 4. The number of aromatic hydroxyl groups is 4. The van der Waals surface area contributed by atoms with Crippen LogP contribution in [0.1, 0.15) is 111 Å². The fourth-order valence-electron chi connectivity index (χ4n) is 6.51. The van der Waals surface area contributed by atoms with Gasteiger partial charge in [-0.2, -0.15) is 65.9 Å². The van der Waals surface area contributed by atoms with E-state index < -0.39 is 123 Å². The number of hydrogen-bond acceptors (Lipinski definition) is 20. The second-order valence-corrected chi connectivity index (χ2v) is 19.3. The molecule has 2 aliphatic rings. The summed E-state index contributed by atoms with van der Waals surface area (Å²) in [6.45, 7) is 4.93. The first-order valence-electron chi connectivity index (χ1n) is 25.5. The van der Waals surface area contributed by atoms with Gasteiger partial charge in [-0.3, -0.25) is 0 Å². The van der Waals surface area contributed by atoms with Crippen molar-refractivity contribution in [1.29, 1.82) is 0 Å². The number of aliphatic hydroxyl groups is 1. The molecule has 2 saturated heterocycles. The monoisotopic (exact) mass is 1530 g/mol. The van der Waals surface area contributed by atoms with Gasteiger partial charge in [-0.25, -0.2) is 24.0 Å². The van der Waals surface area contributed by atoms with Crippen molar-refractivity contribution in [3.05, 3.63) is 143 Å². The van der Waals surface area contributed by atoms with Crippen molar-refractivity contribution in [2.45, 2.75) is 63.5 Å². The molecule has 0 aromatic heterocycles. The third-order valence-electron chi connectivity index (χ3n) is 10.8. The quantitative estimate of drug-likeness (QED) is 0.0190. The fraction of sp³-hybridized carbons (Fsp3) is 0.375. The van der Waals surface area contributed by atoms with Gasteiger partial charge in [0.05, 0.1) is 93.0 Å². The number of ether oxygens (including phenoxy) is 8. The van der Waals surface area contributed by atoms with E-state index in [1.54, 1.807) is 0 Å². The van der Waals surface area contributed by atoms with Gasteiger partial charge in [-0.15, -0.1) is 0 Å². The zero-order chi connectivity index (χ0) is 74.0. The van der Waals surface area contributed by atoms with E-state index >= 15 is 0 Å². The molecule has 5 aromatic rings. The minimum atomic E-state index is -4.75. The molecule has 95 heavy (non-hydrogen) atoms. The number of carboxylic acid groups (broad SMARTS) is 1. The number of aromatic carboxylic acids is 1. The molecule has 39 heteroatoms. The molecule has 0 amide bonds. The standard InChI is InChI=1S/C11H10BrF3O4.C10H9F3O3.C9H6BrF3O3.C9H7F3O3.C8H5F3O3.2C4H8O.CH4O.BHNS/c1-17-5-19-9-7(11(13,14)15)3-6(4-8(9)12)10(16)18-2;1-5-3-6(9(15)16-2)4-7(8(5)14)10(11,12)13;1-16-8(15)4-2-5(9(11,12)13)7(14)6(10)3-4;1-15-8(14)5-2-3-7(13)6(4-5)9(10,11)12;9-8(10,11)5-3-4(7(13)14)1-2-6(5)12;2*1-2-4-5-3-1;1-2;1-2-3/h3-4H,5H2,1-2H3;3-4,14H,1-2H3;2-3,14H,1H3;2-4,13H,1H3;1-3,12H,(H,13,14);2*1-4H2;2H,1H3;3H. The molecule has 1 radical (unpaired) electrons. The topological polar surface area (TPSA) is 293 Å². The van der Waals surface area contributed by atoms with E-state index in [2.05, 4.69) is 80.3 Å². The van der Waals surface area contributed by atoms with Crippen LogP contribution in [-0.4, -0.2) is 144 Å². The first-order valence-corrected chi connectivity index (χ1v) is 27.5. The second kappa shape index (κ2) is 42.8. The Labute approximate surface area is 553 Å². The second-order valence-electron chi connectivity index (χ2n) is 17.4. The Morgan fingerprint density at radius 1 is 0.484 bits per heavy atom. The van der Waals surface area contributed by atoms with Crippen LogP contribution in [0.25, 0.3) is 0 Å². The number of hydrogen-bond donors (Lipinski definition) is 7. The minimum absolute atomic E-state index is 0.0141. The summed E-state index contributed by atoms with van der Waals surface area (Å²) < 4.78 is 226. The van der Waals surface area contributed by atoms with Gasteiger partial charge in [0.25, 0.3) is 0 Å². The molecule has 7 rings (SSSR count). The van der Waals surface area contributed by atoms with E-state index in [4.69, 9.17) is 34.6 Å². The zero-order valence-corrected chi connectivity index (χ0v) is 54.2. The van der Waals surface area contributed by atoms with Crippen molar-refractivity contribution in [2.75, 3.05) is 75.9 Å². The van der Waals surface area contributed by atoms with Crippen LogP contribution >= 0.6 is 44.7 Å². The molecule has 529 valence electrons. The number of carbonyl (C=O) groups is 5. The Kier molecular flexibility index (Phi) is 40.3. The number of esters is 4. The Balaban J connectivity index is 0. The summed E-state index contributed by atoms with van der Waals surface area (Å²) in [7, 11) is 10.9. The van der Waals surface area contributed by atoms with E-state index in [0.29, 0.717) is 36.4 Å². The number of carboxylic acids is 1. The van der Waals surface area contributed by atoms with Crippen LogP contribution in [0, 0.1) is 6.92 Å². The van der Waals surface area contributed by atoms with Crippen LogP contribution in [-0.2, 0) is 64.0 Å². The molecule has 2 fully saturated rings. The average Bonchev–Trinajstić information content (AvgIpc) is 0.996. The predicted molar refractivity (Wildman–Crippen MR) is 314 cm³/mol. The Bertz CT molecular complexity index is 3170. The van der Waals surface area contributed by atoms with Crippen molar-refractivity contribution in [2.24, 2.45) is 4.30 Å². The maximum absolute atomic E-state index is 12.9. The maximum atomic E-state index is 12.9. The SMILES string of the molecule is C1CCOC1.C1CCOC1.CO.COC(=O)c1cc(Br)c(O)c(C(F)(F)F)c1.COC(=O)c1cc(C)c(O)c(C(F)(F)F)c1.COC(=O)c1ccc(O)c(C(F)(F)F)c1.COCOc1c(Br)cc(C(=O)OC)cc1C(F)(F)F.O=C(O)c1ccc(O)c(C(F)(F)F)c1.[B]=NS. The number of phenolic OH excluding ortho intramolecular Hbond substituents is 4. The number of carbonyl (C=O) groups excluding carboxylic acids is 4. The van der Waals surface area contributed by atoms with Gasteiger partial charge in [0, 0.05) is 40.6 Å². The molecular weight excluding hydrogens is 1480 g/mol. The van der Waals surface area contributed by atoms with Crippen molar-refractivity contribution in [3.63, 3.8) is 0 Å².